The average Bonchev–Trinajstić information content (AvgIpc) is 3.61. The van der Waals surface area contributed by atoms with Gasteiger partial charge in [-0.3, -0.25) is 0 Å². The van der Waals surface area contributed by atoms with E-state index < -0.39 is 11.1 Å². The maximum atomic E-state index is 12.7. The van der Waals surface area contributed by atoms with Crippen LogP contribution in [0.2, 0.25) is 0 Å². The summed E-state index contributed by atoms with van der Waals surface area (Å²) in [7, 11) is 1.67. The van der Waals surface area contributed by atoms with Crippen molar-refractivity contribution in [3.8, 4) is 28.4 Å². The summed E-state index contributed by atoms with van der Waals surface area (Å²) < 4.78 is 18.8. The molecule has 0 spiro atoms. The Kier molecular flexibility index (Phi) is 4.99. The summed E-state index contributed by atoms with van der Waals surface area (Å²) in [6.07, 6.45) is 5.08. The van der Waals surface area contributed by atoms with Crippen LogP contribution in [0.15, 0.2) is 102 Å². The highest BCUT2D eigenvalue weighted by Crippen LogP contribution is 2.59. The number of ether oxygens (including phenoxy) is 3. The van der Waals surface area contributed by atoms with Gasteiger partial charge in [0.05, 0.1) is 13.7 Å². The molecule has 0 aromatic heterocycles. The van der Waals surface area contributed by atoms with Crippen LogP contribution in [0.25, 0.3) is 28.0 Å². The summed E-state index contributed by atoms with van der Waals surface area (Å²) in [5.74, 6) is 2.38. The van der Waals surface area contributed by atoms with Crippen LogP contribution in [-0.2, 0) is 17.6 Å². The topological polar surface area (TPSA) is 57.1 Å². The molecule has 0 saturated carbocycles. The summed E-state index contributed by atoms with van der Waals surface area (Å²) in [4.78, 5) is 12.7. The lowest BCUT2D eigenvalue weighted by Gasteiger charge is -2.38. The van der Waals surface area contributed by atoms with Crippen molar-refractivity contribution >= 4 is 16.8 Å². The van der Waals surface area contributed by atoms with E-state index in [1.54, 1.807) is 7.11 Å². The fourth-order valence-corrected chi connectivity index (χ4v) is 6.95. The average molecular weight is 538 g/mol. The van der Waals surface area contributed by atoms with Gasteiger partial charge in [-0.1, -0.05) is 78.0 Å². The summed E-state index contributed by atoms with van der Waals surface area (Å²) in [6, 6.07) is 30.7. The van der Waals surface area contributed by atoms with Gasteiger partial charge in [-0.2, -0.15) is 0 Å². The first-order valence-electron chi connectivity index (χ1n) is 13.9. The largest absolute Gasteiger partial charge is 0.497 e. The van der Waals surface area contributed by atoms with Crippen LogP contribution in [0.5, 0.6) is 17.2 Å². The van der Waals surface area contributed by atoms with Crippen LogP contribution in [0.3, 0.4) is 0 Å². The van der Waals surface area contributed by atoms with Gasteiger partial charge in [0.15, 0.2) is 11.1 Å². The molecule has 1 aliphatic carbocycles. The van der Waals surface area contributed by atoms with E-state index in [4.69, 9.17) is 14.2 Å². The van der Waals surface area contributed by atoms with Gasteiger partial charge in [-0.15, -0.1) is 4.91 Å². The van der Waals surface area contributed by atoms with E-state index in [0.717, 1.165) is 73.4 Å². The van der Waals surface area contributed by atoms with E-state index in [9.17, 15) is 4.91 Å². The predicted molar refractivity (Wildman–Crippen MR) is 161 cm³/mol. The Morgan fingerprint density at radius 1 is 0.878 bits per heavy atom. The number of methoxy groups -OCH3 is 1. The molecule has 0 bridgehead atoms. The molecule has 2 aliphatic heterocycles. The molecule has 2 heterocycles. The van der Waals surface area contributed by atoms with Gasteiger partial charge in [-0.05, 0) is 64.9 Å². The minimum Gasteiger partial charge on any atom is -0.497 e. The Bertz CT molecular complexity index is 1910. The molecule has 3 aliphatic rings. The number of fused-ring (bicyclic) bond motifs is 9. The molecule has 2 unspecified atom stereocenters. The SMILES string of the molecule is COc1ccc(C2(c3ccccc3)C=Cc3c4c(c5cc6c(cc5c3O2)OCC6)-c2ccccc2C4(C)N=O)cc1. The van der Waals surface area contributed by atoms with Crippen molar-refractivity contribution in [1.82, 2.24) is 0 Å². The highest BCUT2D eigenvalue weighted by molar-refractivity contribution is 6.09. The van der Waals surface area contributed by atoms with Crippen molar-refractivity contribution in [2.45, 2.75) is 24.5 Å². The molecule has 5 heteroatoms. The van der Waals surface area contributed by atoms with E-state index >= 15 is 0 Å². The second-order valence-electron chi connectivity index (χ2n) is 11.1. The van der Waals surface area contributed by atoms with Gasteiger partial charge < -0.3 is 14.2 Å². The molecule has 41 heavy (non-hydrogen) atoms. The maximum absolute atomic E-state index is 12.7. The van der Waals surface area contributed by atoms with Crippen molar-refractivity contribution < 1.29 is 14.2 Å². The van der Waals surface area contributed by atoms with Crippen LogP contribution in [0, 0.1) is 4.91 Å². The first kappa shape index (κ1) is 23.9. The number of nitrogens with zero attached hydrogens (tertiary/aromatic N) is 1. The van der Waals surface area contributed by atoms with Crippen LogP contribution in [0.1, 0.15) is 40.3 Å². The molecule has 5 aromatic rings. The molecule has 2 atom stereocenters. The van der Waals surface area contributed by atoms with Crippen molar-refractivity contribution in [3.05, 3.63) is 135 Å². The fraction of sp³-hybridized carbons (Fsp3) is 0.167. The molecule has 0 saturated heterocycles. The zero-order valence-corrected chi connectivity index (χ0v) is 22.8. The summed E-state index contributed by atoms with van der Waals surface area (Å²) >= 11 is 0. The minimum atomic E-state index is -1.06. The summed E-state index contributed by atoms with van der Waals surface area (Å²) in [5, 5.41) is 5.79. The van der Waals surface area contributed by atoms with Gasteiger partial charge in [-0.25, -0.2) is 0 Å². The molecule has 0 radical (unpaired) electrons. The van der Waals surface area contributed by atoms with Crippen molar-refractivity contribution in [2.75, 3.05) is 13.7 Å². The standard InChI is InChI=1S/C36H27NO4/c1-35(37-38)30-11-7-6-10-26(30)32-28-20-22-17-19-40-31(22)21-29(28)34-27(33(32)35)16-18-36(41-34,23-8-4-3-5-9-23)24-12-14-25(39-2)15-13-24/h3-16,18,20-21H,17,19H2,1-2H3. The quantitative estimate of drug-likeness (QED) is 0.217. The molecule has 200 valence electrons. The van der Waals surface area contributed by atoms with Gasteiger partial charge in [0.25, 0.3) is 0 Å². The van der Waals surface area contributed by atoms with Crippen LogP contribution in [-0.4, -0.2) is 13.7 Å². The van der Waals surface area contributed by atoms with Crippen LogP contribution in [0.4, 0.5) is 0 Å². The molecule has 0 fully saturated rings. The van der Waals surface area contributed by atoms with Crippen molar-refractivity contribution in [1.29, 1.82) is 0 Å². The number of hydrogen-bond acceptors (Lipinski definition) is 5. The second-order valence-corrected chi connectivity index (χ2v) is 11.1. The maximum Gasteiger partial charge on any atom is 0.178 e. The first-order chi connectivity index (χ1) is 20.1. The van der Waals surface area contributed by atoms with Crippen LogP contribution < -0.4 is 14.2 Å². The molecule has 0 amide bonds. The van der Waals surface area contributed by atoms with E-state index in [2.05, 4.69) is 47.7 Å². The number of benzene rings is 5. The van der Waals surface area contributed by atoms with Gasteiger partial charge in [0.1, 0.15) is 17.2 Å². The third-order valence-corrected chi connectivity index (χ3v) is 8.97. The lowest BCUT2D eigenvalue weighted by molar-refractivity contribution is 0.163. The number of rotatable bonds is 4. The van der Waals surface area contributed by atoms with Crippen molar-refractivity contribution in [3.63, 3.8) is 0 Å². The van der Waals surface area contributed by atoms with Crippen molar-refractivity contribution in [2.24, 2.45) is 5.18 Å². The molecule has 5 nitrogen and oxygen atoms in total. The Labute approximate surface area is 238 Å². The third-order valence-electron chi connectivity index (χ3n) is 8.97. The predicted octanol–water partition coefficient (Wildman–Crippen LogP) is 8.14. The Hall–Kier alpha value is -4.90. The molecule has 0 N–H and O–H groups in total. The Morgan fingerprint density at radius 2 is 1.63 bits per heavy atom. The smallest absolute Gasteiger partial charge is 0.178 e. The van der Waals surface area contributed by atoms with E-state index in [-0.39, 0.29) is 0 Å². The monoisotopic (exact) mass is 537 g/mol. The lowest BCUT2D eigenvalue weighted by Crippen LogP contribution is -2.35. The highest BCUT2D eigenvalue weighted by Gasteiger charge is 2.47. The normalized spacial score (nSPS) is 21.3. The van der Waals surface area contributed by atoms with E-state index in [1.165, 1.54) is 5.56 Å². The summed E-state index contributed by atoms with van der Waals surface area (Å²) in [6.45, 7) is 2.57. The number of hydrogen-bond donors (Lipinski definition) is 0. The Balaban J connectivity index is 1.47. The van der Waals surface area contributed by atoms with Gasteiger partial charge >= 0.3 is 0 Å². The van der Waals surface area contributed by atoms with E-state index in [1.807, 2.05) is 67.6 Å². The lowest BCUT2D eigenvalue weighted by atomic mass is 9.79. The van der Waals surface area contributed by atoms with Gasteiger partial charge in [0.2, 0.25) is 0 Å². The first-order valence-corrected chi connectivity index (χ1v) is 13.9. The second kappa shape index (κ2) is 8.55. The molecular weight excluding hydrogens is 510 g/mol. The van der Waals surface area contributed by atoms with Gasteiger partial charge in [0, 0.05) is 34.1 Å². The fourth-order valence-electron chi connectivity index (χ4n) is 6.95. The Morgan fingerprint density at radius 3 is 2.41 bits per heavy atom. The van der Waals surface area contributed by atoms with E-state index in [0.29, 0.717) is 6.61 Å². The number of nitroso groups, excluding NO2 is 1. The molecule has 8 rings (SSSR count). The molecular formula is C36H27NO4. The summed E-state index contributed by atoms with van der Waals surface area (Å²) in [5.41, 5.74) is 5.95. The zero-order valence-electron chi connectivity index (χ0n) is 22.8. The molecule has 5 aromatic carbocycles. The van der Waals surface area contributed by atoms with Crippen LogP contribution >= 0.6 is 0 Å². The minimum absolute atomic E-state index is 0.654. The highest BCUT2D eigenvalue weighted by atomic mass is 16.5. The zero-order chi connectivity index (χ0) is 27.8. The third kappa shape index (κ3) is 3.17.